The average molecular weight is 252 g/mol. The molecule has 3 N–H and O–H groups in total. The number of nitrogens with two attached hydrogens (primary N) is 1. The van der Waals surface area contributed by atoms with E-state index in [-0.39, 0.29) is 5.91 Å². The van der Waals surface area contributed by atoms with Crippen LogP contribution in [0.1, 0.15) is 19.4 Å². The average Bonchev–Trinajstić information content (AvgIpc) is 2.34. The number of rotatable bonds is 6. The third-order valence-corrected chi connectivity index (χ3v) is 3.21. The smallest absolute Gasteiger partial charge is 0.230 e. The first-order valence-electron chi connectivity index (χ1n) is 5.80. The molecule has 0 bridgehead atoms. The number of carbonyl (C=O) groups is 1. The molecule has 0 aliphatic heterocycles. The number of hydrogen-bond donors (Lipinski definition) is 2. The SMILES string of the molecule is CC(C)CNC(=O)CSc1cccc(CN)c1. The Balaban J connectivity index is 2.36. The van der Waals surface area contributed by atoms with Gasteiger partial charge in [0.25, 0.3) is 0 Å². The summed E-state index contributed by atoms with van der Waals surface area (Å²) in [5.41, 5.74) is 6.66. The maximum atomic E-state index is 11.5. The fourth-order valence-electron chi connectivity index (χ4n) is 1.28. The van der Waals surface area contributed by atoms with Crippen LogP contribution >= 0.6 is 11.8 Å². The van der Waals surface area contributed by atoms with E-state index in [1.54, 1.807) is 11.8 Å². The van der Waals surface area contributed by atoms with Crippen LogP contribution in [0.3, 0.4) is 0 Å². The van der Waals surface area contributed by atoms with Crippen molar-refractivity contribution in [1.29, 1.82) is 0 Å². The summed E-state index contributed by atoms with van der Waals surface area (Å²) >= 11 is 1.54. The number of carbonyl (C=O) groups excluding carboxylic acids is 1. The topological polar surface area (TPSA) is 55.1 Å². The Morgan fingerprint density at radius 2 is 2.24 bits per heavy atom. The van der Waals surface area contributed by atoms with Crippen molar-refractivity contribution in [2.75, 3.05) is 12.3 Å². The lowest BCUT2D eigenvalue weighted by atomic mass is 10.2. The summed E-state index contributed by atoms with van der Waals surface area (Å²) in [4.78, 5) is 12.6. The van der Waals surface area contributed by atoms with Gasteiger partial charge in [-0.05, 0) is 23.6 Å². The van der Waals surface area contributed by atoms with Gasteiger partial charge in [0.05, 0.1) is 5.75 Å². The van der Waals surface area contributed by atoms with Crippen LogP contribution in [0, 0.1) is 5.92 Å². The number of amides is 1. The molecule has 17 heavy (non-hydrogen) atoms. The van der Waals surface area contributed by atoms with Gasteiger partial charge in [-0.25, -0.2) is 0 Å². The monoisotopic (exact) mass is 252 g/mol. The third kappa shape index (κ3) is 5.75. The fourth-order valence-corrected chi connectivity index (χ4v) is 2.09. The van der Waals surface area contributed by atoms with Crippen LogP contribution in [0.4, 0.5) is 0 Å². The molecule has 0 aliphatic carbocycles. The minimum absolute atomic E-state index is 0.0850. The first-order chi connectivity index (χ1) is 8.11. The van der Waals surface area contributed by atoms with Crippen molar-refractivity contribution in [2.24, 2.45) is 11.7 Å². The maximum Gasteiger partial charge on any atom is 0.230 e. The van der Waals surface area contributed by atoms with Crippen molar-refractivity contribution in [3.05, 3.63) is 29.8 Å². The van der Waals surface area contributed by atoms with E-state index in [0.717, 1.165) is 17.0 Å². The molecular weight excluding hydrogens is 232 g/mol. The predicted octanol–water partition coefficient (Wildman–Crippen LogP) is 2.01. The zero-order valence-corrected chi connectivity index (χ0v) is 11.2. The molecule has 0 atom stereocenters. The molecule has 1 aromatic carbocycles. The van der Waals surface area contributed by atoms with Crippen LogP contribution in [0.25, 0.3) is 0 Å². The van der Waals surface area contributed by atoms with Crippen LogP contribution in [0.2, 0.25) is 0 Å². The molecule has 0 saturated carbocycles. The molecule has 0 aliphatic rings. The van der Waals surface area contributed by atoms with Crippen molar-refractivity contribution in [2.45, 2.75) is 25.3 Å². The highest BCUT2D eigenvalue weighted by Crippen LogP contribution is 2.18. The van der Waals surface area contributed by atoms with Crippen LogP contribution < -0.4 is 11.1 Å². The Hall–Kier alpha value is -1.00. The van der Waals surface area contributed by atoms with Gasteiger partial charge in [-0.1, -0.05) is 26.0 Å². The van der Waals surface area contributed by atoms with Crippen molar-refractivity contribution < 1.29 is 4.79 Å². The van der Waals surface area contributed by atoms with E-state index < -0.39 is 0 Å². The Kier molecular flexibility index (Phi) is 6.08. The molecule has 1 amide bonds. The summed E-state index contributed by atoms with van der Waals surface area (Å²) in [5, 5.41) is 2.90. The summed E-state index contributed by atoms with van der Waals surface area (Å²) in [7, 11) is 0. The van der Waals surface area contributed by atoms with Gasteiger partial charge in [-0.2, -0.15) is 0 Å². The summed E-state index contributed by atoms with van der Waals surface area (Å²) in [6.45, 7) is 5.44. The highest BCUT2D eigenvalue weighted by molar-refractivity contribution is 8.00. The Bertz CT molecular complexity index is 366. The van der Waals surface area contributed by atoms with Gasteiger partial charge in [0.2, 0.25) is 5.91 Å². The second-order valence-electron chi connectivity index (χ2n) is 4.34. The molecule has 94 valence electrons. The third-order valence-electron chi connectivity index (χ3n) is 2.21. The predicted molar refractivity (Wildman–Crippen MR) is 72.9 cm³/mol. The highest BCUT2D eigenvalue weighted by Gasteiger charge is 2.03. The lowest BCUT2D eigenvalue weighted by Crippen LogP contribution is -2.28. The van der Waals surface area contributed by atoms with Gasteiger partial charge >= 0.3 is 0 Å². The molecule has 4 heteroatoms. The fraction of sp³-hybridized carbons (Fsp3) is 0.462. The number of hydrogen-bond acceptors (Lipinski definition) is 3. The van der Waals surface area contributed by atoms with Gasteiger partial charge in [0, 0.05) is 18.0 Å². The second kappa shape index (κ2) is 7.35. The summed E-state index contributed by atoms with van der Waals surface area (Å²) in [6, 6.07) is 7.99. The van der Waals surface area contributed by atoms with E-state index in [4.69, 9.17) is 5.73 Å². The molecule has 1 aromatic rings. The van der Waals surface area contributed by atoms with Gasteiger partial charge < -0.3 is 11.1 Å². The van der Waals surface area contributed by atoms with Gasteiger partial charge in [-0.15, -0.1) is 11.8 Å². The molecule has 0 aromatic heterocycles. The van der Waals surface area contributed by atoms with Gasteiger partial charge in [-0.3, -0.25) is 4.79 Å². The lowest BCUT2D eigenvalue weighted by Gasteiger charge is -2.07. The largest absolute Gasteiger partial charge is 0.355 e. The van der Waals surface area contributed by atoms with Gasteiger partial charge in [0.1, 0.15) is 0 Å². The summed E-state index contributed by atoms with van der Waals surface area (Å²) < 4.78 is 0. The van der Waals surface area contributed by atoms with Crippen molar-refractivity contribution in [1.82, 2.24) is 5.32 Å². The number of nitrogens with one attached hydrogen (secondary N) is 1. The molecule has 0 unspecified atom stereocenters. The Morgan fingerprint density at radius 3 is 2.88 bits per heavy atom. The normalized spacial score (nSPS) is 10.6. The molecule has 0 radical (unpaired) electrons. The highest BCUT2D eigenvalue weighted by atomic mass is 32.2. The van der Waals surface area contributed by atoms with Crippen molar-refractivity contribution in [3.8, 4) is 0 Å². The maximum absolute atomic E-state index is 11.5. The number of thioether (sulfide) groups is 1. The summed E-state index contributed by atoms with van der Waals surface area (Å²) in [6.07, 6.45) is 0. The minimum Gasteiger partial charge on any atom is -0.355 e. The Labute approximate surface area is 107 Å². The molecular formula is C13H20N2OS. The van der Waals surface area contributed by atoms with Crippen LogP contribution in [0.5, 0.6) is 0 Å². The molecule has 0 heterocycles. The second-order valence-corrected chi connectivity index (χ2v) is 5.39. The first-order valence-corrected chi connectivity index (χ1v) is 6.79. The van der Waals surface area contributed by atoms with Crippen molar-refractivity contribution in [3.63, 3.8) is 0 Å². The molecule has 1 rings (SSSR count). The summed E-state index contributed by atoms with van der Waals surface area (Å²) in [5.74, 6) is 1.03. The molecule has 0 saturated heterocycles. The van der Waals surface area contributed by atoms with Crippen molar-refractivity contribution >= 4 is 17.7 Å². The van der Waals surface area contributed by atoms with E-state index in [2.05, 4.69) is 19.2 Å². The van der Waals surface area contributed by atoms with E-state index >= 15 is 0 Å². The standard InChI is InChI=1S/C13H20N2OS/c1-10(2)8-15-13(16)9-17-12-5-3-4-11(6-12)7-14/h3-6,10H,7-9,14H2,1-2H3,(H,15,16). The van der Waals surface area contributed by atoms with Gasteiger partial charge in [0.15, 0.2) is 0 Å². The zero-order valence-electron chi connectivity index (χ0n) is 10.4. The Morgan fingerprint density at radius 1 is 1.47 bits per heavy atom. The lowest BCUT2D eigenvalue weighted by molar-refractivity contribution is -0.118. The molecule has 3 nitrogen and oxygen atoms in total. The van der Waals surface area contributed by atoms with Crippen LogP contribution in [-0.2, 0) is 11.3 Å². The van der Waals surface area contributed by atoms with E-state index in [1.165, 1.54) is 0 Å². The molecule has 0 spiro atoms. The quantitative estimate of drug-likeness (QED) is 0.762. The van der Waals surface area contributed by atoms with E-state index in [1.807, 2.05) is 24.3 Å². The van der Waals surface area contributed by atoms with E-state index in [0.29, 0.717) is 18.2 Å². The minimum atomic E-state index is 0.0850. The van der Waals surface area contributed by atoms with Crippen LogP contribution in [0.15, 0.2) is 29.2 Å². The first kappa shape index (κ1) is 14.1. The molecule has 0 fully saturated rings. The van der Waals surface area contributed by atoms with Crippen LogP contribution in [-0.4, -0.2) is 18.2 Å². The van der Waals surface area contributed by atoms with E-state index in [9.17, 15) is 4.79 Å². The zero-order chi connectivity index (χ0) is 12.7. The number of benzene rings is 1.